The first-order valence-corrected chi connectivity index (χ1v) is 13.6. The van der Waals surface area contributed by atoms with Crippen LogP contribution in [0.3, 0.4) is 0 Å². The van der Waals surface area contributed by atoms with Crippen molar-refractivity contribution in [3.63, 3.8) is 0 Å². The quantitative estimate of drug-likeness (QED) is 0.266. The topological polar surface area (TPSA) is 154 Å². The van der Waals surface area contributed by atoms with Gasteiger partial charge in [-0.15, -0.1) is 0 Å². The van der Waals surface area contributed by atoms with E-state index in [1.54, 1.807) is 52.0 Å². The van der Waals surface area contributed by atoms with Gasteiger partial charge in [0.2, 0.25) is 11.8 Å². The van der Waals surface area contributed by atoms with Crippen molar-refractivity contribution in [3.8, 4) is 11.5 Å². The summed E-state index contributed by atoms with van der Waals surface area (Å²) in [6.45, 7) is 8.96. The summed E-state index contributed by atoms with van der Waals surface area (Å²) in [5.41, 5.74) is 0.185. The van der Waals surface area contributed by atoms with E-state index in [1.807, 2.05) is 6.92 Å². The maximum atomic E-state index is 14.2. The number of hydrogen-bond donors (Lipinski definition) is 4. The van der Waals surface area contributed by atoms with Crippen LogP contribution >= 0.6 is 0 Å². The maximum Gasteiger partial charge on any atom is 0.408 e. The number of amides is 3. The zero-order chi connectivity index (χ0) is 30.6. The van der Waals surface area contributed by atoms with Crippen LogP contribution in [0.25, 0.3) is 0 Å². The molecule has 0 heterocycles. The Bertz CT molecular complexity index is 1180. The second-order valence-electron chi connectivity index (χ2n) is 10.4. The molecule has 11 nitrogen and oxygen atoms in total. The minimum absolute atomic E-state index is 0.0196. The van der Waals surface area contributed by atoms with Gasteiger partial charge in [-0.25, -0.2) is 4.79 Å². The molecule has 11 heteroatoms. The number of carbonyl (C=O) groups excluding carboxylic acids is 4. The first kappa shape index (κ1) is 32.9. The molecule has 224 valence electrons. The highest BCUT2D eigenvalue weighted by atomic mass is 16.6. The molecule has 0 aromatic heterocycles. The number of phenols is 2. The number of ether oxygens (including phenoxy) is 2. The molecule has 2 rings (SSSR count). The summed E-state index contributed by atoms with van der Waals surface area (Å²) in [5, 5.41) is 25.2. The van der Waals surface area contributed by atoms with E-state index in [0.29, 0.717) is 17.5 Å². The van der Waals surface area contributed by atoms with Crippen LogP contribution in [-0.4, -0.2) is 70.3 Å². The number of carbonyl (C=O) groups is 4. The zero-order valence-corrected chi connectivity index (χ0v) is 24.3. The summed E-state index contributed by atoms with van der Waals surface area (Å²) < 4.78 is 10.3. The number of aromatic hydroxyl groups is 2. The van der Waals surface area contributed by atoms with Crippen LogP contribution in [0.4, 0.5) is 4.79 Å². The Morgan fingerprint density at radius 3 is 2.24 bits per heavy atom. The predicted molar refractivity (Wildman–Crippen MR) is 152 cm³/mol. The SMILES string of the molecule is CCCN(C(=O)C(Cc1ccc(O)cc1)NC(=O)OC(C)(C)C)C(C(=O)NCCC(=O)OCC)c1cccc(O)c1. The van der Waals surface area contributed by atoms with Gasteiger partial charge in [0.05, 0.1) is 13.0 Å². The van der Waals surface area contributed by atoms with Crippen LogP contribution in [0.5, 0.6) is 11.5 Å². The second kappa shape index (κ2) is 15.5. The van der Waals surface area contributed by atoms with Crippen LogP contribution in [0.2, 0.25) is 0 Å². The number of rotatable bonds is 13. The molecule has 2 aromatic rings. The van der Waals surface area contributed by atoms with Gasteiger partial charge in [-0.05, 0) is 69.5 Å². The van der Waals surface area contributed by atoms with Gasteiger partial charge in [0.15, 0.2) is 0 Å². The maximum absolute atomic E-state index is 14.2. The van der Waals surface area contributed by atoms with Crippen molar-refractivity contribution in [3.05, 3.63) is 59.7 Å². The zero-order valence-electron chi connectivity index (χ0n) is 24.3. The summed E-state index contributed by atoms with van der Waals surface area (Å²) in [4.78, 5) is 53.7. The lowest BCUT2D eigenvalue weighted by atomic mass is 9.99. The van der Waals surface area contributed by atoms with Crippen molar-refractivity contribution >= 4 is 23.9 Å². The van der Waals surface area contributed by atoms with Gasteiger partial charge in [-0.2, -0.15) is 0 Å². The number of esters is 1. The summed E-state index contributed by atoms with van der Waals surface area (Å²) >= 11 is 0. The fourth-order valence-electron chi connectivity index (χ4n) is 4.11. The average molecular weight is 572 g/mol. The number of alkyl carbamates (subject to hydrolysis) is 1. The summed E-state index contributed by atoms with van der Waals surface area (Å²) in [5.74, 6) is -1.64. The molecule has 0 bridgehead atoms. The minimum Gasteiger partial charge on any atom is -0.508 e. The second-order valence-corrected chi connectivity index (χ2v) is 10.4. The molecule has 0 aliphatic rings. The van der Waals surface area contributed by atoms with Crippen LogP contribution in [0, 0.1) is 0 Å². The largest absolute Gasteiger partial charge is 0.508 e. The van der Waals surface area contributed by atoms with Gasteiger partial charge < -0.3 is 35.2 Å². The number of hydrogen-bond acceptors (Lipinski definition) is 8. The fourth-order valence-corrected chi connectivity index (χ4v) is 4.11. The van der Waals surface area contributed by atoms with Gasteiger partial charge in [-0.1, -0.05) is 31.2 Å². The fraction of sp³-hybridized carbons (Fsp3) is 0.467. The molecule has 0 radical (unpaired) electrons. The van der Waals surface area contributed by atoms with E-state index in [0.717, 1.165) is 0 Å². The lowest BCUT2D eigenvalue weighted by Gasteiger charge is -2.34. The third kappa shape index (κ3) is 11.0. The lowest BCUT2D eigenvalue weighted by molar-refractivity contribution is -0.144. The highest BCUT2D eigenvalue weighted by Gasteiger charge is 2.36. The van der Waals surface area contributed by atoms with Gasteiger partial charge in [-0.3, -0.25) is 14.4 Å². The molecular weight excluding hydrogens is 530 g/mol. The van der Waals surface area contributed by atoms with Crippen molar-refractivity contribution in [1.82, 2.24) is 15.5 Å². The summed E-state index contributed by atoms with van der Waals surface area (Å²) in [6.07, 6.45) is -0.331. The predicted octanol–water partition coefficient (Wildman–Crippen LogP) is 3.58. The lowest BCUT2D eigenvalue weighted by Crippen LogP contribution is -2.54. The minimum atomic E-state index is -1.18. The first-order chi connectivity index (χ1) is 19.3. The smallest absolute Gasteiger partial charge is 0.408 e. The van der Waals surface area contributed by atoms with Crippen molar-refractivity contribution < 1.29 is 38.9 Å². The van der Waals surface area contributed by atoms with Crippen molar-refractivity contribution in [2.24, 2.45) is 0 Å². The van der Waals surface area contributed by atoms with Crippen molar-refractivity contribution in [2.75, 3.05) is 19.7 Å². The van der Waals surface area contributed by atoms with Gasteiger partial charge in [0, 0.05) is 19.5 Å². The van der Waals surface area contributed by atoms with E-state index in [1.165, 1.54) is 29.2 Å². The van der Waals surface area contributed by atoms with Crippen LogP contribution in [-0.2, 0) is 30.3 Å². The summed E-state index contributed by atoms with van der Waals surface area (Å²) in [7, 11) is 0. The summed E-state index contributed by atoms with van der Waals surface area (Å²) in [6, 6.07) is 9.91. The van der Waals surface area contributed by atoms with Crippen molar-refractivity contribution in [2.45, 2.75) is 71.6 Å². The van der Waals surface area contributed by atoms with Crippen molar-refractivity contribution in [1.29, 1.82) is 0 Å². The van der Waals surface area contributed by atoms with Crippen LogP contribution in [0.1, 0.15) is 64.6 Å². The number of benzene rings is 2. The average Bonchev–Trinajstić information content (AvgIpc) is 2.88. The van der Waals surface area contributed by atoms with Gasteiger partial charge >= 0.3 is 12.1 Å². The third-order valence-electron chi connectivity index (χ3n) is 5.79. The van der Waals surface area contributed by atoms with Gasteiger partial charge in [0.25, 0.3) is 0 Å². The number of nitrogens with zero attached hydrogens (tertiary/aromatic N) is 1. The molecule has 3 amide bonds. The number of nitrogens with one attached hydrogen (secondary N) is 2. The van der Waals surface area contributed by atoms with E-state index < -0.39 is 41.6 Å². The monoisotopic (exact) mass is 571 g/mol. The Hall–Kier alpha value is -4.28. The van der Waals surface area contributed by atoms with E-state index in [4.69, 9.17) is 9.47 Å². The molecule has 2 unspecified atom stereocenters. The molecule has 2 atom stereocenters. The van der Waals surface area contributed by atoms with Crippen LogP contribution in [0.15, 0.2) is 48.5 Å². The molecule has 41 heavy (non-hydrogen) atoms. The van der Waals surface area contributed by atoms with E-state index in [9.17, 15) is 29.4 Å². The highest BCUT2D eigenvalue weighted by Crippen LogP contribution is 2.26. The Balaban J connectivity index is 2.46. The molecule has 4 N–H and O–H groups in total. The highest BCUT2D eigenvalue weighted by molar-refractivity contribution is 5.92. The van der Waals surface area contributed by atoms with E-state index >= 15 is 0 Å². The molecule has 0 fully saturated rings. The Morgan fingerprint density at radius 1 is 0.976 bits per heavy atom. The van der Waals surface area contributed by atoms with E-state index in [2.05, 4.69) is 10.6 Å². The normalized spacial score (nSPS) is 12.5. The molecule has 0 aliphatic carbocycles. The Labute approximate surface area is 240 Å². The first-order valence-electron chi connectivity index (χ1n) is 13.6. The van der Waals surface area contributed by atoms with E-state index in [-0.39, 0.29) is 44.0 Å². The van der Waals surface area contributed by atoms with Crippen LogP contribution < -0.4 is 10.6 Å². The standard InChI is InChI=1S/C30H41N3O8/c1-6-17-33(26(21-9-8-10-23(35)19-21)27(37)31-16-15-25(36)40-7-2)28(38)24(32-29(39)41-30(3,4)5)18-20-11-13-22(34)14-12-20/h8-14,19,24,26,34-35H,6-7,15-18H2,1-5H3,(H,31,37)(H,32,39). The van der Waals surface area contributed by atoms with Gasteiger partial charge in [0.1, 0.15) is 29.2 Å². The Morgan fingerprint density at radius 2 is 1.66 bits per heavy atom. The Kier molecular flexibility index (Phi) is 12.4. The molecule has 0 spiro atoms. The molecule has 0 saturated heterocycles. The molecular formula is C30H41N3O8. The molecule has 2 aromatic carbocycles. The molecule has 0 saturated carbocycles. The third-order valence-corrected chi connectivity index (χ3v) is 5.79. The molecule has 0 aliphatic heterocycles. The number of phenolic OH excluding ortho intramolecular Hbond substituents is 2.